The molecule has 35 heavy (non-hydrogen) atoms. The highest BCUT2D eigenvalue weighted by Crippen LogP contribution is 2.38. The summed E-state index contributed by atoms with van der Waals surface area (Å²) in [5.74, 6) is 0. The molecule has 4 aromatic rings. The van der Waals surface area contributed by atoms with Crippen LogP contribution in [0.2, 0.25) is 0 Å². The molecule has 0 N–H and O–H groups in total. The molecule has 0 radical (unpaired) electrons. The molecule has 0 aliphatic carbocycles. The zero-order valence-electron chi connectivity index (χ0n) is 21.7. The molecule has 0 aromatic heterocycles. The molecule has 0 saturated heterocycles. The van der Waals surface area contributed by atoms with Gasteiger partial charge in [0.25, 0.3) is 0 Å². The molecule has 0 aliphatic heterocycles. The Bertz CT molecular complexity index is 1230. The van der Waals surface area contributed by atoms with E-state index in [1.807, 2.05) is 0 Å². The van der Waals surface area contributed by atoms with Gasteiger partial charge in [-0.2, -0.15) is 0 Å². The molecule has 178 valence electrons. The summed E-state index contributed by atoms with van der Waals surface area (Å²) < 4.78 is 1.08. The molecule has 0 aliphatic rings. The van der Waals surface area contributed by atoms with Crippen molar-refractivity contribution in [2.24, 2.45) is 0 Å². The summed E-state index contributed by atoms with van der Waals surface area (Å²) in [5.41, 5.74) is 10.3. The molecule has 0 heterocycles. The monoisotopic (exact) mass is 522 g/mol. The highest BCUT2D eigenvalue weighted by molar-refractivity contribution is 9.10. The third-order valence-electron chi connectivity index (χ3n) is 6.52. The van der Waals surface area contributed by atoms with E-state index >= 15 is 0 Å². The molecular weight excluding hydrogens is 488 g/mol. The third-order valence-corrected chi connectivity index (χ3v) is 7.05. The van der Waals surface area contributed by atoms with Crippen LogP contribution in [0, 0.1) is 0 Å². The van der Waals surface area contributed by atoms with Crippen molar-refractivity contribution in [3.63, 3.8) is 0 Å². The van der Waals surface area contributed by atoms with Gasteiger partial charge in [0, 0.05) is 4.47 Å². The van der Waals surface area contributed by atoms with Crippen LogP contribution in [0.3, 0.4) is 0 Å². The van der Waals surface area contributed by atoms with E-state index in [-0.39, 0.29) is 10.8 Å². The summed E-state index contributed by atoms with van der Waals surface area (Å²) in [6.45, 7) is 13.6. The molecule has 1 heteroatoms. The van der Waals surface area contributed by atoms with Crippen LogP contribution in [0.1, 0.15) is 74.9 Å². The fraction of sp³-hybridized carbons (Fsp3) is 0.235. The van der Waals surface area contributed by atoms with Crippen LogP contribution < -0.4 is 0 Å². The first-order valence-electron chi connectivity index (χ1n) is 12.3. The smallest absolute Gasteiger partial charge is 0.0175 e. The minimum atomic E-state index is 0.116. The maximum Gasteiger partial charge on any atom is 0.0175 e. The average Bonchev–Trinajstić information content (AvgIpc) is 2.83. The molecule has 0 bridgehead atoms. The maximum atomic E-state index is 3.61. The zero-order valence-corrected chi connectivity index (χ0v) is 23.3. The van der Waals surface area contributed by atoms with Crippen LogP contribution in [0.4, 0.5) is 0 Å². The topological polar surface area (TPSA) is 0 Å². The largest absolute Gasteiger partial charge is 0.0622 e. The van der Waals surface area contributed by atoms with Crippen molar-refractivity contribution < 1.29 is 0 Å². The first kappa shape index (κ1) is 25.2. The summed E-state index contributed by atoms with van der Waals surface area (Å²) in [4.78, 5) is 0. The molecule has 0 nitrogen and oxygen atoms in total. The molecular formula is C34H35Br. The van der Waals surface area contributed by atoms with Gasteiger partial charge < -0.3 is 0 Å². The first-order valence-corrected chi connectivity index (χ1v) is 13.1. The Hall–Kier alpha value is -2.90. The van der Waals surface area contributed by atoms with Crippen molar-refractivity contribution in [2.45, 2.75) is 52.4 Å². The van der Waals surface area contributed by atoms with Crippen LogP contribution >= 0.6 is 15.9 Å². The van der Waals surface area contributed by atoms with Gasteiger partial charge in [0.1, 0.15) is 0 Å². The number of benzene rings is 4. The fourth-order valence-electron chi connectivity index (χ4n) is 4.41. The predicted molar refractivity (Wildman–Crippen MR) is 156 cm³/mol. The molecule has 0 amide bonds. The number of rotatable bonds is 4. The summed E-state index contributed by atoms with van der Waals surface area (Å²) in [6.07, 6.45) is 0. The minimum absolute atomic E-state index is 0.116. The van der Waals surface area contributed by atoms with Gasteiger partial charge in [0.2, 0.25) is 0 Å². The second-order valence-corrected chi connectivity index (χ2v) is 12.2. The lowest BCUT2D eigenvalue weighted by Gasteiger charge is -2.23. The Morgan fingerprint density at radius 2 is 0.743 bits per heavy atom. The van der Waals surface area contributed by atoms with Crippen LogP contribution in [-0.2, 0) is 10.8 Å². The second kappa shape index (κ2) is 9.99. The Kier molecular flexibility index (Phi) is 7.20. The van der Waals surface area contributed by atoms with Gasteiger partial charge in [-0.05, 0) is 67.5 Å². The van der Waals surface area contributed by atoms with Crippen LogP contribution in [0.25, 0.3) is 11.1 Å². The van der Waals surface area contributed by atoms with Crippen molar-refractivity contribution in [2.75, 3.05) is 0 Å². The summed E-state index contributed by atoms with van der Waals surface area (Å²) in [6, 6.07) is 37.7. The van der Waals surface area contributed by atoms with Crippen molar-refractivity contribution in [1.82, 2.24) is 0 Å². The van der Waals surface area contributed by atoms with Crippen LogP contribution in [0.5, 0.6) is 0 Å². The van der Waals surface area contributed by atoms with Gasteiger partial charge in [0.15, 0.2) is 0 Å². The number of hydrogen-bond acceptors (Lipinski definition) is 0. The molecule has 0 saturated carbocycles. The second-order valence-electron chi connectivity index (χ2n) is 11.3. The van der Waals surface area contributed by atoms with E-state index < -0.39 is 0 Å². The van der Waals surface area contributed by atoms with Gasteiger partial charge in [0.05, 0.1) is 0 Å². The van der Waals surface area contributed by atoms with E-state index in [0.29, 0.717) is 0 Å². The summed E-state index contributed by atoms with van der Waals surface area (Å²) >= 11 is 3.61. The van der Waals surface area contributed by atoms with E-state index in [4.69, 9.17) is 0 Å². The molecule has 0 unspecified atom stereocenters. The van der Waals surface area contributed by atoms with E-state index in [9.17, 15) is 0 Å². The maximum absolute atomic E-state index is 3.61. The Balaban J connectivity index is 2.03. The Morgan fingerprint density at radius 3 is 1.09 bits per heavy atom. The molecule has 0 spiro atoms. The van der Waals surface area contributed by atoms with Gasteiger partial charge in [-0.15, -0.1) is 0 Å². The number of hydrogen-bond donors (Lipinski definition) is 0. The molecule has 0 atom stereocenters. The van der Waals surface area contributed by atoms with Gasteiger partial charge in [-0.25, -0.2) is 0 Å². The van der Waals surface area contributed by atoms with Crippen molar-refractivity contribution in [3.05, 3.63) is 141 Å². The van der Waals surface area contributed by atoms with Crippen molar-refractivity contribution in [1.29, 1.82) is 0 Å². The predicted octanol–water partition coefficient (Wildman–Crippen LogP) is 10.1. The third kappa shape index (κ3) is 5.85. The van der Waals surface area contributed by atoms with E-state index in [2.05, 4.69) is 161 Å². The highest BCUT2D eigenvalue weighted by atomic mass is 79.9. The van der Waals surface area contributed by atoms with Gasteiger partial charge in [-0.3, -0.25) is 0 Å². The van der Waals surface area contributed by atoms with E-state index in [1.165, 1.54) is 44.5 Å². The van der Waals surface area contributed by atoms with E-state index in [0.717, 1.165) is 4.47 Å². The first-order chi connectivity index (χ1) is 16.5. The standard InChI is InChI=1S/C34H35Br/c1-33(2,3)28-18-12-25(13-19-28)32(26-14-20-29(21-15-26)34(4,5)6)31(24-10-8-7-9-11-24)27-16-22-30(35)23-17-27/h7-23H,1-6H3. The molecule has 4 rings (SSSR count). The van der Waals surface area contributed by atoms with Crippen LogP contribution in [-0.4, -0.2) is 0 Å². The minimum Gasteiger partial charge on any atom is -0.0622 e. The SMILES string of the molecule is CC(C)(C)c1ccc(C(=C(c2ccccc2)c2ccc(Br)cc2)c2ccc(C(C)(C)C)cc2)cc1. The lowest BCUT2D eigenvalue weighted by atomic mass is 9.81. The van der Waals surface area contributed by atoms with Crippen molar-refractivity contribution in [3.8, 4) is 0 Å². The van der Waals surface area contributed by atoms with Gasteiger partial charge >= 0.3 is 0 Å². The Labute approximate surface area is 219 Å². The van der Waals surface area contributed by atoms with Gasteiger partial charge in [-0.1, -0.05) is 148 Å². The lowest BCUT2D eigenvalue weighted by Crippen LogP contribution is -2.11. The van der Waals surface area contributed by atoms with Crippen molar-refractivity contribution >= 4 is 27.1 Å². The quantitative estimate of drug-likeness (QED) is 0.234. The average molecular weight is 524 g/mol. The summed E-state index contributed by atoms with van der Waals surface area (Å²) in [5, 5.41) is 0. The Morgan fingerprint density at radius 1 is 0.429 bits per heavy atom. The lowest BCUT2D eigenvalue weighted by molar-refractivity contribution is 0.590. The normalized spacial score (nSPS) is 11.9. The molecule has 0 fully saturated rings. The fourth-order valence-corrected chi connectivity index (χ4v) is 4.67. The van der Waals surface area contributed by atoms with Crippen LogP contribution in [0.15, 0.2) is 108 Å². The molecule has 4 aromatic carbocycles. The van der Waals surface area contributed by atoms with E-state index in [1.54, 1.807) is 0 Å². The highest BCUT2D eigenvalue weighted by Gasteiger charge is 2.19. The zero-order chi connectivity index (χ0) is 25.2. The summed E-state index contributed by atoms with van der Waals surface area (Å²) in [7, 11) is 0. The number of halogens is 1.